The molecule has 1 fully saturated rings. The Bertz CT molecular complexity index is 971. The third-order valence-corrected chi connectivity index (χ3v) is 4.96. The van der Waals surface area contributed by atoms with Gasteiger partial charge in [0.2, 0.25) is 11.8 Å². The topological polar surface area (TPSA) is 62.6 Å². The Morgan fingerprint density at radius 1 is 1.20 bits per heavy atom. The van der Waals surface area contributed by atoms with E-state index in [1.807, 2.05) is 13.0 Å². The van der Waals surface area contributed by atoms with E-state index in [1.54, 1.807) is 6.07 Å². The summed E-state index contributed by atoms with van der Waals surface area (Å²) in [6, 6.07) is 5.32. The SMILES string of the molecule is CCCN(CC(=O)Nc1ccc(F)c(F)c1F)C(=O)/C=C/c1ccc(C2CC2C)o1. The minimum absolute atomic E-state index is 0.292. The smallest absolute Gasteiger partial charge is 0.247 e. The fourth-order valence-corrected chi connectivity index (χ4v) is 3.16. The molecule has 0 radical (unpaired) electrons. The van der Waals surface area contributed by atoms with Gasteiger partial charge in [-0.25, -0.2) is 13.2 Å². The van der Waals surface area contributed by atoms with E-state index in [4.69, 9.17) is 4.42 Å². The molecular formula is C22H23F3N2O3. The molecule has 1 aromatic heterocycles. The van der Waals surface area contributed by atoms with E-state index in [0.717, 1.165) is 18.2 Å². The van der Waals surface area contributed by atoms with Crippen molar-refractivity contribution in [3.05, 3.63) is 59.3 Å². The average Bonchev–Trinajstić information content (AvgIpc) is 3.25. The lowest BCUT2D eigenvalue weighted by Gasteiger charge is -2.20. The van der Waals surface area contributed by atoms with Crippen LogP contribution >= 0.6 is 0 Å². The Kier molecular flexibility index (Phi) is 6.64. The van der Waals surface area contributed by atoms with Gasteiger partial charge in [0, 0.05) is 18.5 Å². The standard InChI is InChI=1S/C22H23F3N2O3/c1-3-10-27(12-19(28)26-17-7-6-16(23)21(24)22(17)25)20(29)9-5-14-4-8-18(30-14)15-11-13(15)2/h4-9,13,15H,3,10-12H2,1-2H3,(H,26,28)/b9-5+. The lowest BCUT2D eigenvalue weighted by molar-refractivity contribution is -0.130. The number of halogens is 3. The summed E-state index contributed by atoms with van der Waals surface area (Å²) in [4.78, 5) is 26.0. The van der Waals surface area contributed by atoms with Crippen LogP contribution in [0.5, 0.6) is 0 Å². The molecule has 1 saturated carbocycles. The molecule has 160 valence electrons. The molecule has 1 aliphatic carbocycles. The van der Waals surface area contributed by atoms with Crippen molar-refractivity contribution >= 4 is 23.6 Å². The van der Waals surface area contributed by atoms with Gasteiger partial charge in [0.15, 0.2) is 17.5 Å². The molecule has 1 N–H and O–H groups in total. The van der Waals surface area contributed by atoms with Crippen LogP contribution in [0.4, 0.5) is 18.9 Å². The maximum absolute atomic E-state index is 13.7. The molecule has 2 atom stereocenters. The van der Waals surface area contributed by atoms with E-state index < -0.39 is 35.0 Å². The van der Waals surface area contributed by atoms with Gasteiger partial charge in [-0.2, -0.15) is 0 Å². The van der Waals surface area contributed by atoms with Crippen molar-refractivity contribution in [3.63, 3.8) is 0 Å². The molecule has 3 rings (SSSR count). The van der Waals surface area contributed by atoms with Crippen LogP contribution in [0.3, 0.4) is 0 Å². The van der Waals surface area contributed by atoms with E-state index in [0.29, 0.717) is 36.6 Å². The van der Waals surface area contributed by atoms with Crippen molar-refractivity contribution in [3.8, 4) is 0 Å². The highest BCUT2D eigenvalue weighted by Crippen LogP contribution is 2.47. The second kappa shape index (κ2) is 9.19. The number of amides is 2. The number of nitrogens with zero attached hydrogens (tertiary/aromatic N) is 1. The van der Waals surface area contributed by atoms with Crippen molar-refractivity contribution in [2.24, 2.45) is 5.92 Å². The first kappa shape index (κ1) is 21.7. The Balaban J connectivity index is 1.61. The van der Waals surface area contributed by atoms with E-state index in [9.17, 15) is 22.8 Å². The van der Waals surface area contributed by atoms with Crippen LogP contribution in [0.25, 0.3) is 6.08 Å². The van der Waals surface area contributed by atoms with Crippen molar-refractivity contribution in [2.45, 2.75) is 32.6 Å². The van der Waals surface area contributed by atoms with Crippen LogP contribution in [0.1, 0.15) is 44.1 Å². The Labute approximate surface area is 172 Å². The average molecular weight is 420 g/mol. The summed E-state index contributed by atoms with van der Waals surface area (Å²) >= 11 is 0. The normalized spacial score (nSPS) is 17.9. The van der Waals surface area contributed by atoms with Gasteiger partial charge in [0.1, 0.15) is 18.1 Å². The molecule has 0 saturated heterocycles. The molecule has 1 aliphatic rings. The molecule has 1 heterocycles. The van der Waals surface area contributed by atoms with Crippen LogP contribution in [0.15, 0.2) is 34.8 Å². The molecular weight excluding hydrogens is 397 g/mol. The summed E-state index contributed by atoms with van der Waals surface area (Å²) < 4.78 is 45.8. The van der Waals surface area contributed by atoms with Crippen LogP contribution in [0, 0.1) is 23.4 Å². The number of anilines is 1. The summed E-state index contributed by atoms with van der Waals surface area (Å²) in [5.41, 5.74) is -0.490. The Morgan fingerprint density at radius 3 is 2.60 bits per heavy atom. The lowest BCUT2D eigenvalue weighted by Crippen LogP contribution is -2.37. The number of rotatable bonds is 8. The van der Waals surface area contributed by atoms with Crippen molar-refractivity contribution < 1.29 is 27.2 Å². The first-order valence-electron chi connectivity index (χ1n) is 9.80. The van der Waals surface area contributed by atoms with Crippen molar-refractivity contribution in [2.75, 3.05) is 18.4 Å². The number of hydrogen-bond acceptors (Lipinski definition) is 3. The zero-order chi connectivity index (χ0) is 21.8. The monoisotopic (exact) mass is 420 g/mol. The van der Waals surface area contributed by atoms with Gasteiger partial charge >= 0.3 is 0 Å². The summed E-state index contributed by atoms with van der Waals surface area (Å²) in [5.74, 6) is -3.18. The number of carbonyl (C=O) groups is 2. The molecule has 5 nitrogen and oxygen atoms in total. The maximum Gasteiger partial charge on any atom is 0.247 e. The van der Waals surface area contributed by atoms with E-state index in [2.05, 4.69) is 12.2 Å². The number of nitrogens with one attached hydrogen (secondary N) is 1. The fourth-order valence-electron chi connectivity index (χ4n) is 3.16. The van der Waals surface area contributed by atoms with Gasteiger partial charge in [0.25, 0.3) is 0 Å². The molecule has 0 bridgehead atoms. The number of benzene rings is 1. The predicted octanol–water partition coefficient (Wildman–Crippen LogP) is 4.71. The van der Waals surface area contributed by atoms with Gasteiger partial charge in [-0.1, -0.05) is 13.8 Å². The molecule has 30 heavy (non-hydrogen) atoms. The molecule has 1 aromatic carbocycles. The first-order chi connectivity index (χ1) is 14.3. The first-order valence-corrected chi connectivity index (χ1v) is 9.80. The third kappa shape index (κ3) is 5.11. The van der Waals surface area contributed by atoms with Gasteiger partial charge in [-0.3, -0.25) is 9.59 Å². The highest BCUT2D eigenvalue weighted by molar-refractivity contribution is 5.98. The van der Waals surface area contributed by atoms with E-state index in [1.165, 1.54) is 17.1 Å². The minimum Gasteiger partial charge on any atom is -0.461 e. The predicted molar refractivity (Wildman–Crippen MR) is 106 cm³/mol. The maximum atomic E-state index is 13.7. The van der Waals surface area contributed by atoms with Gasteiger partial charge in [-0.15, -0.1) is 0 Å². The Hall–Kier alpha value is -3.03. The lowest BCUT2D eigenvalue weighted by atomic mass is 10.2. The second-order valence-electron chi connectivity index (χ2n) is 7.42. The fraction of sp³-hybridized carbons (Fsp3) is 0.364. The van der Waals surface area contributed by atoms with Crippen molar-refractivity contribution in [1.82, 2.24) is 4.90 Å². The molecule has 2 aromatic rings. The number of hydrogen-bond donors (Lipinski definition) is 1. The summed E-state index contributed by atoms with van der Waals surface area (Å²) in [5, 5.41) is 2.17. The summed E-state index contributed by atoms with van der Waals surface area (Å²) in [6.07, 6.45) is 4.53. The van der Waals surface area contributed by atoms with Crippen LogP contribution in [-0.4, -0.2) is 29.8 Å². The second-order valence-corrected chi connectivity index (χ2v) is 7.42. The molecule has 2 unspecified atom stereocenters. The van der Waals surface area contributed by atoms with Gasteiger partial charge < -0.3 is 14.6 Å². The highest BCUT2D eigenvalue weighted by Gasteiger charge is 2.36. The summed E-state index contributed by atoms with van der Waals surface area (Å²) in [7, 11) is 0. The Morgan fingerprint density at radius 2 is 1.93 bits per heavy atom. The quantitative estimate of drug-likeness (QED) is 0.497. The zero-order valence-electron chi connectivity index (χ0n) is 16.8. The largest absolute Gasteiger partial charge is 0.461 e. The highest BCUT2D eigenvalue weighted by atomic mass is 19.2. The van der Waals surface area contributed by atoms with Crippen LogP contribution in [0.2, 0.25) is 0 Å². The van der Waals surface area contributed by atoms with E-state index >= 15 is 0 Å². The van der Waals surface area contributed by atoms with Crippen LogP contribution < -0.4 is 5.32 Å². The molecule has 0 spiro atoms. The van der Waals surface area contributed by atoms with Crippen LogP contribution in [-0.2, 0) is 9.59 Å². The zero-order valence-corrected chi connectivity index (χ0v) is 16.8. The number of furan rings is 1. The minimum atomic E-state index is -1.67. The third-order valence-electron chi connectivity index (χ3n) is 4.96. The molecule has 8 heteroatoms. The molecule has 2 amide bonds. The van der Waals surface area contributed by atoms with E-state index in [-0.39, 0.29) is 6.54 Å². The van der Waals surface area contributed by atoms with Crippen molar-refractivity contribution in [1.29, 1.82) is 0 Å². The van der Waals surface area contributed by atoms with Gasteiger partial charge in [0.05, 0.1) is 5.69 Å². The van der Waals surface area contributed by atoms with Gasteiger partial charge in [-0.05, 0) is 49.1 Å². The number of carbonyl (C=O) groups excluding carboxylic acids is 2. The molecule has 0 aliphatic heterocycles. The summed E-state index contributed by atoms with van der Waals surface area (Å²) in [6.45, 7) is 3.91.